The van der Waals surface area contributed by atoms with E-state index in [0.717, 1.165) is 21.1 Å². The standard InChI is InChI=1S/C11H11BrClNO2S3/c1-6-3-4-9(17-6)7(2)14-19(15,16)10-5-8(13)11(12)18-10/h3-5,7,14H,1-2H3. The summed E-state index contributed by atoms with van der Waals surface area (Å²) in [7, 11) is -3.54. The average Bonchev–Trinajstić information content (AvgIpc) is 2.86. The van der Waals surface area contributed by atoms with Crippen LogP contribution < -0.4 is 4.72 Å². The second kappa shape index (κ2) is 5.83. The molecule has 2 heterocycles. The maximum absolute atomic E-state index is 12.2. The molecule has 2 aromatic rings. The fourth-order valence-corrected chi connectivity index (χ4v) is 6.09. The lowest BCUT2D eigenvalue weighted by Gasteiger charge is -2.11. The van der Waals surface area contributed by atoms with E-state index in [1.54, 1.807) is 11.3 Å². The summed E-state index contributed by atoms with van der Waals surface area (Å²) in [5, 5.41) is 0.407. The van der Waals surface area contributed by atoms with Crippen molar-refractivity contribution >= 4 is 60.2 Å². The smallest absolute Gasteiger partial charge is 0.206 e. The molecule has 0 saturated heterocycles. The van der Waals surface area contributed by atoms with Crippen LogP contribution in [-0.4, -0.2) is 8.42 Å². The second-order valence-corrected chi connectivity index (χ2v) is 10.0. The first-order chi connectivity index (χ1) is 8.79. The molecule has 104 valence electrons. The molecule has 0 saturated carbocycles. The third-order valence-corrected chi connectivity index (χ3v) is 8.08. The van der Waals surface area contributed by atoms with Crippen molar-refractivity contribution in [3.05, 3.63) is 36.8 Å². The molecule has 1 N–H and O–H groups in total. The van der Waals surface area contributed by atoms with Gasteiger partial charge in [0.15, 0.2) is 0 Å². The van der Waals surface area contributed by atoms with Gasteiger partial charge in [0.1, 0.15) is 4.21 Å². The molecule has 19 heavy (non-hydrogen) atoms. The molecule has 0 bridgehead atoms. The van der Waals surface area contributed by atoms with Gasteiger partial charge >= 0.3 is 0 Å². The molecular weight excluding hydrogens is 390 g/mol. The van der Waals surface area contributed by atoms with Gasteiger partial charge in [-0.15, -0.1) is 22.7 Å². The summed E-state index contributed by atoms with van der Waals surface area (Å²) < 4.78 is 27.9. The Kier molecular flexibility index (Phi) is 4.75. The number of hydrogen-bond donors (Lipinski definition) is 1. The molecule has 0 aromatic carbocycles. The predicted octanol–water partition coefficient (Wildman–Crippen LogP) is 4.57. The van der Waals surface area contributed by atoms with Crippen LogP contribution in [0.4, 0.5) is 0 Å². The zero-order chi connectivity index (χ0) is 14.2. The molecule has 8 heteroatoms. The molecular formula is C11H11BrClNO2S3. The Morgan fingerprint density at radius 2 is 2.05 bits per heavy atom. The number of nitrogens with one attached hydrogen (secondary N) is 1. The number of thiophene rings is 2. The first-order valence-corrected chi connectivity index (χ1v) is 9.62. The highest BCUT2D eigenvalue weighted by Crippen LogP contribution is 2.35. The molecule has 0 amide bonds. The zero-order valence-corrected chi connectivity index (χ0v) is 14.9. The highest BCUT2D eigenvalue weighted by atomic mass is 79.9. The van der Waals surface area contributed by atoms with E-state index in [1.807, 2.05) is 26.0 Å². The Balaban J connectivity index is 2.22. The third kappa shape index (κ3) is 3.59. The van der Waals surface area contributed by atoms with Gasteiger partial charge in [-0.05, 0) is 48.0 Å². The van der Waals surface area contributed by atoms with E-state index in [2.05, 4.69) is 20.7 Å². The summed E-state index contributed by atoms with van der Waals surface area (Å²) in [5.41, 5.74) is 0. The minimum absolute atomic E-state index is 0.213. The summed E-state index contributed by atoms with van der Waals surface area (Å²) in [5.74, 6) is 0. The van der Waals surface area contributed by atoms with Gasteiger partial charge in [-0.3, -0.25) is 0 Å². The van der Waals surface area contributed by atoms with Gasteiger partial charge in [0.25, 0.3) is 10.0 Å². The lowest BCUT2D eigenvalue weighted by atomic mass is 10.3. The van der Waals surface area contributed by atoms with Crippen LogP contribution in [0.25, 0.3) is 0 Å². The highest BCUT2D eigenvalue weighted by Gasteiger charge is 2.22. The number of hydrogen-bond acceptors (Lipinski definition) is 4. The monoisotopic (exact) mass is 399 g/mol. The lowest BCUT2D eigenvalue weighted by molar-refractivity contribution is 0.570. The van der Waals surface area contributed by atoms with Crippen LogP contribution in [0.1, 0.15) is 22.7 Å². The van der Waals surface area contributed by atoms with Crippen molar-refractivity contribution in [1.82, 2.24) is 4.72 Å². The Morgan fingerprint density at radius 1 is 1.37 bits per heavy atom. The Hall–Kier alpha value is 0.0800. The third-order valence-electron chi connectivity index (χ3n) is 2.41. The van der Waals surface area contributed by atoms with Crippen LogP contribution in [0.15, 0.2) is 26.2 Å². The summed E-state index contributed by atoms with van der Waals surface area (Å²) in [6.07, 6.45) is 0. The van der Waals surface area contributed by atoms with E-state index in [-0.39, 0.29) is 10.3 Å². The van der Waals surface area contributed by atoms with E-state index < -0.39 is 10.0 Å². The van der Waals surface area contributed by atoms with Gasteiger partial charge in [0, 0.05) is 9.75 Å². The van der Waals surface area contributed by atoms with Crippen molar-refractivity contribution < 1.29 is 8.42 Å². The molecule has 1 unspecified atom stereocenters. The molecule has 0 spiro atoms. The summed E-state index contributed by atoms with van der Waals surface area (Å²) in [6, 6.07) is 5.10. The van der Waals surface area contributed by atoms with Crippen LogP contribution in [-0.2, 0) is 10.0 Å². The minimum atomic E-state index is -3.54. The molecule has 0 aliphatic rings. The summed E-state index contributed by atoms with van der Waals surface area (Å²) in [6.45, 7) is 3.82. The predicted molar refractivity (Wildman–Crippen MR) is 84.8 cm³/mol. The topological polar surface area (TPSA) is 46.2 Å². The molecule has 2 rings (SSSR count). The van der Waals surface area contributed by atoms with Gasteiger partial charge in [-0.25, -0.2) is 13.1 Å². The van der Waals surface area contributed by atoms with Gasteiger partial charge in [-0.2, -0.15) is 0 Å². The van der Waals surface area contributed by atoms with Crippen LogP contribution in [0.2, 0.25) is 5.02 Å². The van der Waals surface area contributed by atoms with E-state index in [1.165, 1.54) is 6.07 Å². The largest absolute Gasteiger partial charge is 0.250 e. The fraction of sp³-hybridized carbons (Fsp3) is 0.273. The zero-order valence-electron chi connectivity index (χ0n) is 10.1. The van der Waals surface area contributed by atoms with E-state index >= 15 is 0 Å². The van der Waals surface area contributed by atoms with Crippen molar-refractivity contribution in [3.63, 3.8) is 0 Å². The molecule has 0 aliphatic carbocycles. The minimum Gasteiger partial charge on any atom is -0.206 e. The number of rotatable bonds is 4. The van der Waals surface area contributed by atoms with E-state index in [0.29, 0.717) is 8.81 Å². The van der Waals surface area contributed by atoms with Crippen molar-refractivity contribution in [2.75, 3.05) is 0 Å². The van der Waals surface area contributed by atoms with E-state index in [9.17, 15) is 8.42 Å². The fourth-order valence-electron chi connectivity index (χ4n) is 1.49. The quantitative estimate of drug-likeness (QED) is 0.817. The van der Waals surface area contributed by atoms with Crippen LogP contribution in [0, 0.1) is 6.92 Å². The normalized spacial score (nSPS) is 13.7. The number of sulfonamides is 1. The first kappa shape index (κ1) is 15.5. The summed E-state index contributed by atoms with van der Waals surface area (Å²) >= 11 is 11.8. The first-order valence-electron chi connectivity index (χ1n) is 5.33. The molecule has 2 aromatic heterocycles. The number of aryl methyl sites for hydroxylation is 1. The maximum atomic E-state index is 12.2. The van der Waals surface area contributed by atoms with Crippen molar-refractivity contribution in [3.8, 4) is 0 Å². The van der Waals surface area contributed by atoms with Gasteiger partial charge < -0.3 is 0 Å². The van der Waals surface area contributed by atoms with Crippen LogP contribution >= 0.6 is 50.2 Å². The molecule has 3 nitrogen and oxygen atoms in total. The van der Waals surface area contributed by atoms with Crippen molar-refractivity contribution in [2.45, 2.75) is 24.1 Å². The lowest BCUT2D eigenvalue weighted by Crippen LogP contribution is -2.25. The SMILES string of the molecule is Cc1ccc(C(C)NS(=O)(=O)c2cc(Cl)c(Br)s2)s1. The van der Waals surface area contributed by atoms with Gasteiger partial charge in [0.05, 0.1) is 14.9 Å². The molecule has 0 fully saturated rings. The van der Waals surface area contributed by atoms with Crippen LogP contribution in [0.5, 0.6) is 0 Å². The molecule has 0 aliphatic heterocycles. The Labute approximate surface area is 133 Å². The Morgan fingerprint density at radius 3 is 2.53 bits per heavy atom. The Bertz CT molecular complexity index is 673. The average molecular weight is 401 g/mol. The molecule has 0 radical (unpaired) electrons. The second-order valence-electron chi connectivity index (χ2n) is 3.98. The maximum Gasteiger partial charge on any atom is 0.250 e. The van der Waals surface area contributed by atoms with E-state index in [4.69, 9.17) is 11.6 Å². The highest BCUT2D eigenvalue weighted by molar-refractivity contribution is 9.11. The molecule has 1 atom stereocenters. The van der Waals surface area contributed by atoms with Crippen molar-refractivity contribution in [2.24, 2.45) is 0 Å². The number of halogens is 2. The van der Waals surface area contributed by atoms with Gasteiger partial charge in [0.2, 0.25) is 0 Å². The summed E-state index contributed by atoms with van der Waals surface area (Å²) in [4.78, 5) is 2.14. The van der Waals surface area contributed by atoms with Gasteiger partial charge in [-0.1, -0.05) is 11.6 Å². The van der Waals surface area contributed by atoms with Crippen LogP contribution in [0.3, 0.4) is 0 Å². The van der Waals surface area contributed by atoms with Crippen molar-refractivity contribution in [1.29, 1.82) is 0 Å².